The molecule has 0 saturated carbocycles. The summed E-state index contributed by atoms with van der Waals surface area (Å²) >= 11 is 0. The van der Waals surface area contributed by atoms with Crippen LogP contribution >= 0.6 is 0 Å². The number of halogens is 1. The Balaban J connectivity index is 2.23. The molecule has 0 fully saturated rings. The van der Waals surface area contributed by atoms with Crippen LogP contribution in [-0.2, 0) is 7.05 Å². The van der Waals surface area contributed by atoms with E-state index in [0.29, 0.717) is 5.82 Å². The molecule has 88 valence electrons. The topological polar surface area (TPSA) is 59.8 Å². The fourth-order valence-corrected chi connectivity index (χ4v) is 1.47. The number of hydrogen-bond acceptors (Lipinski definition) is 3. The van der Waals surface area contributed by atoms with E-state index >= 15 is 0 Å². The van der Waals surface area contributed by atoms with E-state index in [9.17, 15) is 9.18 Å². The molecule has 5 nitrogen and oxygen atoms in total. The number of anilines is 1. The van der Waals surface area contributed by atoms with E-state index in [1.165, 1.54) is 16.9 Å². The fourth-order valence-electron chi connectivity index (χ4n) is 1.47. The van der Waals surface area contributed by atoms with Crippen LogP contribution in [0.4, 0.5) is 10.2 Å². The summed E-state index contributed by atoms with van der Waals surface area (Å²) in [7, 11) is 1.70. The maximum Gasteiger partial charge on any atom is 0.259 e. The Morgan fingerprint density at radius 2 is 2.29 bits per heavy atom. The van der Waals surface area contributed by atoms with Gasteiger partial charge in [-0.1, -0.05) is 0 Å². The molecule has 0 aromatic carbocycles. The predicted octanol–water partition coefficient (Wildman–Crippen LogP) is 1.51. The molecule has 6 heteroatoms. The number of pyridine rings is 1. The van der Waals surface area contributed by atoms with Crippen molar-refractivity contribution in [2.45, 2.75) is 6.92 Å². The molecule has 2 heterocycles. The van der Waals surface area contributed by atoms with E-state index in [2.05, 4.69) is 15.4 Å². The third-order valence-electron chi connectivity index (χ3n) is 2.26. The highest BCUT2D eigenvalue weighted by molar-refractivity contribution is 6.03. The van der Waals surface area contributed by atoms with Gasteiger partial charge >= 0.3 is 0 Å². The van der Waals surface area contributed by atoms with Gasteiger partial charge in [0.1, 0.15) is 5.82 Å². The fraction of sp³-hybridized carbons (Fsp3) is 0.182. The molecule has 0 unspecified atom stereocenters. The summed E-state index contributed by atoms with van der Waals surface area (Å²) in [4.78, 5) is 15.4. The second-order valence-electron chi connectivity index (χ2n) is 3.60. The number of amides is 1. The van der Waals surface area contributed by atoms with Crippen molar-refractivity contribution in [3.8, 4) is 0 Å². The van der Waals surface area contributed by atoms with E-state index < -0.39 is 11.7 Å². The largest absolute Gasteiger partial charge is 0.307 e. The smallest absolute Gasteiger partial charge is 0.259 e. The average Bonchev–Trinajstić information content (AvgIpc) is 2.58. The van der Waals surface area contributed by atoms with Crippen LogP contribution in [0.2, 0.25) is 0 Å². The van der Waals surface area contributed by atoms with Gasteiger partial charge in [-0.25, -0.2) is 4.39 Å². The van der Waals surface area contributed by atoms with Crippen LogP contribution in [0.5, 0.6) is 0 Å². The number of rotatable bonds is 2. The summed E-state index contributed by atoms with van der Waals surface area (Å²) in [5.74, 6) is -0.652. The van der Waals surface area contributed by atoms with Gasteiger partial charge in [-0.15, -0.1) is 0 Å². The number of hydrogen-bond donors (Lipinski definition) is 1. The molecule has 2 aromatic rings. The zero-order valence-electron chi connectivity index (χ0n) is 9.44. The molecule has 2 rings (SSSR count). The third kappa shape index (κ3) is 2.30. The highest BCUT2D eigenvalue weighted by Crippen LogP contribution is 2.11. The van der Waals surface area contributed by atoms with Gasteiger partial charge in [0.05, 0.1) is 17.5 Å². The molecule has 0 aliphatic carbocycles. The highest BCUT2D eigenvalue weighted by Gasteiger charge is 2.13. The normalized spacial score (nSPS) is 10.3. The molecule has 0 bridgehead atoms. The van der Waals surface area contributed by atoms with Crippen LogP contribution in [0, 0.1) is 12.7 Å². The summed E-state index contributed by atoms with van der Waals surface area (Å²) in [5, 5.41) is 6.66. The molecule has 0 aliphatic heterocycles. The predicted molar refractivity (Wildman–Crippen MR) is 60.1 cm³/mol. The van der Waals surface area contributed by atoms with Gasteiger partial charge < -0.3 is 5.32 Å². The van der Waals surface area contributed by atoms with Crippen molar-refractivity contribution in [1.82, 2.24) is 14.8 Å². The Bertz CT molecular complexity index is 564. The van der Waals surface area contributed by atoms with Crippen LogP contribution < -0.4 is 5.32 Å². The van der Waals surface area contributed by atoms with Crippen LogP contribution in [0.3, 0.4) is 0 Å². The summed E-state index contributed by atoms with van der Waals surface area (Å²) < 4.78 is 14.8. The summed E-state index contributed by atoms with van der Waals surface area (Å²) in [6.07, 6.45) is 2.37. The Morgan fingerprint density at radius 1 is 1.53 bits per heavy atom. The molecular formula is C11H11FN4O. The Kier molecular flexibility index (Phi) is 2.86. The summed E-state index contributed by atoms with van der Waals surface area (Å²) in [5.41, 5.74) is 0.733. The highest BCUT2D eigenvalue weighted by atomic mass is 19.1. The Morgan fingerprint density at radius 3 is 2.88 bits per heavy atom. The number of aryl methyl sites for hydroxylation is 2. The molecule has 1 N–H and O–H groups in total. The lowest BCUT2D eigenvalue weighted by molar-refractivity contribution is 0.102. The molecule has 0 spiro atoms. The molecule has 17 heavy (non-hydrogen) atoms. The van der Waals surface area contributed by atoms with Crippen molar-refractivity contribution >= 4 is 11.7 Å². The second kappa shape index (κ2) is 4.32. The minimum absolute atomic E-state index is 0.0427. The summed E-state index contributed by atoms with van der Waals surface area (Å²) in [6, 6.07) is 3.03. The summed E-state index contributed by atoms with van der Waals surface area (Å²) in [6.45, 7) is 1.81. The van der Waals surface area contributed by atoms with Gasteiger partial charge in [-0.3, -0.25) is 14.5 Å². The lowest BCUT2D eigenvalue weighted by atomic mass is 10.2. The van der Waals surface area contributed by atoms with Crippen molar-refractivity contribution in [1.29, 1.82) is 0 Å². The quantitative estimate of drug-likeness (QED) is 0.856. The number of carbonyl (C=O) groups is 1. The Labute approximate surface area is 97.3 Å². The van der Waals surface area contributed by atoms with Crippen LogP contribution in [-0.4, -0.2) is 20.7 Å². The van der Waals surface area contributed by atoms with Crippen LogP contribution in [0.1, 0.15) is 16.1 Å². The average molecular weight is 234 g/mol. The maximum atomic E-state index is 13.3. The van der Waals surface area contributed by atoms with Crippen molar-refractivity contribution < 1.29 is 9.18 Å². The molecule has 2 aromatic heterocycles. The van der Waals surface area contributed by atoms with Gasteiger partial charge in [0.2, 0.25) is 0 Å². The van der Waals surface area contributed by atoms with Gasteiger partial charge in [-0.05, 0) is 13.0 Å². The zero-order chi connectivity index (χ0) is 12.4. The van der Waals surface area contributed by atoms with Gasteiger partial charge in [-0.2, -0.15) is 5.10 Å². The standard InChI is InChI=1S/C11H11FN4O/c1-7-5-10(16(2)15-7)14-11(17)8-3-4-13-6-9(8)12/h3-6H,1-2H3,(H,14,17). The number of aromatic nitrogens is 3. The van der Waals surface area contributed by atoms with E-state index in [1.54, 1.807) is 13.1 Å². The first kappa shape index (κ1) is 11.3. The third-order valence-corrected chi connectivity index (χ3v) is 2.26. The van der Waals surface area contributed by atoms with Crippen molar-refractivity contribution in [3.63, 3.8) is 0 Å². The molecule has 0 saturated heterocycles. The molecule has 0 aliphatic rings. The van der Waals surface area contributed by atoms with Gasteiger partial charge in [0.15, 0.2) is 5.82 Å². The zero-order valence-corrected chi connectivity index (χ0v) is 9.44. The number of carbonyl (C=O) groups excluding carboxylic acids is 1. The number of nitrogens with one attached hydrogen (secondary N) is 1. The maximum absolute atomic E-state index is 13.3. The van der Waals surface area contributed by atoms with E-state index in [-0.39, 0.29) is 5.56 Å². The lowest BCUT2D eigenvalue weighted by Gasteiger charge is -2.05. The minimum atomic E-state index is -0.649. The first-order valence-electron chi connectivity index (χ1n) is 4.99. The number of nitrogens with zero attached hydrogens (tertiary/aromatic N) is 3. The van der Waals surface area contributed by atoms with Crippen molar-refractivity contribution in [2.24, 2.45) is 7.05 Å². The minimum Gasteiger partial charge on any atom is -0.307 e. The lowest BCUT2D eigenvalue weighted by Crippen LogP contribution is -2.16. The van der Waals surface area contributed by atoms with E-state index in [0.717, 1.165) is 11.9 Å². The molecule has 0 atom stereocenters. The monoisotopic (exact) mass is 234 g/mol. The molecule has 0 radical (unpaired) electrons. The van der Waals surface area contributed by atoms with Crippen LogP contribution in [0.15, 0.2) is 24.5 Å². The first-order valence-corrected chi connectivity index (χ1v) is 4.99. The van der Waals surface area contributed by atoms with Crippen molar-refractivity contribution in [2.75, 3.05) is 5.32 Å². The molecular weight excluding hydrogens is 223 g/mol. The van der Waals surface area contributed by atoms with Crippen LogP contribution in [0.25, 0.3) is 0 Å². The van der Waals surface area contributed by atoms with Gasteiger partial charge in [0.25, 0.3) is 5.91 Å². The Hall–Kier alpha value is -2.24. The van der Waals surface area contributed by atoms with Crippen molar-refractivity contribution in [3.05, 3.63) is 41.6 Å². The van der Waals surface area contributed by atoms with E-state index in [4.69, 9.17) is 0 Å². The van der Waals surface area contributed by atoms with Gasteiger partial charge in [0, 0.05) is 19.3 Å². The SMILES string of the molecule is Cc1cc(NC(=O)c2ccncc2F)n(C)n1. The first-order chi connectivity index (χ1) is 8.08. The molecule has 1 amide bonds. The second-order valence-corrected chi connectivity index (χ2v) is 3.60. The van der Waals surface area contributed by atoms with E-state index in [1.807, 2.05) is 6.92 Å².